The molecule has 0 unspecified atom stereocenters. The number of benzene rings is 2. The van der Waals surface area contributed by atoms with E-state index in [1.54, 1.807) is 36.4 Å². The van der Waals surface area contributed by atoms with Gasteiger partial charge in [0.2, 0.25) is 0 Å². The highest BCUT2D eigenvalue weighted by Gasteiger charge is 2.24. The Morgan fingerprint density at radius 1 is 0.833 bits per heavy atom. The van der Waals surface area contributed by atoms with Gasteiger partial charge in [0.05, 0.1) is 27.9 Å². The molecule has 0 spiro atoms. The average Bonchev–Trinajstić information content (AvgIpc) is 2.65. The second-order valence-electron chi connectivity index (χ2n) is 5.05. The van der Waals surface area contributed by atoms with Crippen LogP contribution in [0.25, 0.3) is 0 Å². The van der Waals surface area contributed by atoms with Gasteiger partial charge < -0.3 is 29.2 Å². The molecule has 0 bridgehead atoms. The molecule has 0 heterocycles. The largest absolute Gasteiger partial charge is 0.493 e. The third kappa shape index (κ3) is 3.90. The molecule has 130 valence electrons. The van der Waals surface area contributed by atoms with Crippen molar-refractivity contribution in [3.05, 3.63) is 48.0 Å². The van der Waals surface area contributed by atoms with Gasteiger partial charge in [-0.3, -0.25) is 0 Å². The lowest BCUT2D eigenvalue weighted by Crippen LogP contribution is -2.29. The molecule has 0 aliphatic carbocycles. The summed E-state index contributed by atoms with van der Waals surface area (Å²) in [6.07, 6.45) is -1.92. The molecule has 0 amide bonds. The van der Waals surface area contributed by atoms with Crippen LogP contribution in [-0.2, 0) is 0 Å². The molecule has 0 aliphatic heterocycles. The summed E-state index contributed by atoms with van der Waals surface area (Å²) < 4.78 is 21.4. The lowest BCUT2D eigenvalue weighted by molar-refractivity contribution is -0.000514. The molecule has 0 saturated carbocycles. The molecular formula is C18H22O6. The fourth-order valence-corrected chi connectivity index (χ4v) is 2.33. The van der Waals surface area contributed by atoms with Crippen molar-refractivity contribution in [2.75, 3.05) is 27.9 Å². The van der Waals surface area contributed by atoms with Gasteiger partial charge >= 0.3 is 0 Å². The summed E-state index contributed by atoms with van der Waals surface area (Å²) in [5, 5.41) is 20.2. The van der Waals surface area contributed by atoms with Crippen molar-refractivity contribution in [2.45, 2.75) is 12.2 Å². The summed E-state index contributed by atoms with van der Waals surface area (Å²) in [5.41, 5.74) is 0.543. The first kappa shape index (κ1) is 17.9. The molecule has 2 N–H and O–H groups in total. The summed E-state index contributed by atoms with van der Waals surface area (Å²) >= 11 is 0. The highest BCUT2D eigenvalue weighted by molar-refractivity contribution is 5.44. The maximum Gasteiger partial charge on any atom is 0.161 e. The first-order valence-electron chi connectivity index (χ1n) is 7.45. The molecule has 0 radical (unpaired) electrons. The van der Waals surface area contributed by atoms with E-state index >= 15 is 0 Å². The topological polar surface area (TPSA) is 77.4 Å². The van der Waals surface area contributed by atoms with Crippen molar-refractivity contribution in [2.24, 2.45) is 0 Å². The van der Waals surface area contributed by atoms with Gasteiger partial charge in [0.1, 0.15) is 6.10 Å². The van der Waals surface area contributed by atoms with Crippen LogP contribution in [0.3, 0.4) is 0 Å². The molecule has 0 aromatic heterocycles. The van der Waals surface area contributed by atoms with Gasteiger partial charge in [-0.05, 0) is 29.8 Å². The molecule has 6 nitrogen and oxygen atoms in total. The first-order valence-corrected chi connectivity index (χ1v) is 7.45. The Morgan fingerprint density at radius 2 is 1.42 bits per heavy atom. The lowest BCUT2D eigenvalue weighted by Gasteiger charge is -2.24. The molecule has 2 aromatic rings. The molecular weight excluding hydrogens is 312 g/mol. The van der Waals surface area contributed by atoms with Gasteiger partial charge in [-0.15, -0.1) is 0 Å². The number of methoxy groups -OCH3 is 3. The standard InChI is InChI=1S/C18H22O6/c1-21-13-6-4-5-7-15(13)24-17(11-19)18(20)12-8-9-14(22-2)16(10-12)23-3/h4-10,17-20H,11H2,1-3H3/t17-,18-/m1/s1. The van der Waals surface area contributed by atoms with E-state index in [1.165, 1.54) is 21.3 Å². The fourth-order valence-electron chi connectivity index (χ4n) is 2.33. The highest BCUT2D eigenvalue weighted by atomic mass is 16.5. The van der Waals surface area contributed by atoms with Crippen molar-refractivity contribution in [3.8, 4) is 23.0 Å². The van der Waals surface area contributed by atoms with Gasteiger partial charge in [-0.1, -0.05) is 18.2 Å². The van der Waals surface area contributed by atoms with Crippen LogP contribution in [0.4, 0.5) is 0 Å². The van der Waals surface area contributed by atoms with E-state index in [0.717, 1.165) is 0 Å². The number of aliphatic hydroxyl groups is 2. The SMILES string of the molecule is COc1ccc([C@@H](O)[C@@H](CO)Oc2ccccc2OC)cc1OC. The van der Waals surface area contributed by atoms with E-state index in [0.29, 0.717) is 28.6 Å². The van der Waals surface area contributed by atoms with Crippen LogP contribution in [0.15, 0.2) is 42.5 Å². The van der Waals surface area contributed by atoms with Gasteiger partial charge in [0.15, 0.2) is 29.1 Å². The monoisotopic (exact) mass is 334 g/mol. The lowest BCUT2D eigenvalue weighted by atomic mass is 10.0. The highest BCUT2D eigenvalue weighted by Crippen LogP contribution is 2.33. The molecule has 0 saturated heterocycles. The number of hydrogen-bond acceptors (Lipinski definition) is 6. The molecule has 0 fully saturated rings. The maximum atomic E-state index is 10.6. The van der Waals surface area contributed by atoms with E-state index in [4.69, 9.17) is 18.9 Å². The number of para-hydroxylation sites is 2. The smallest absolute Gasteiger partial charge is 0.161 e. The summed E-state index contributed by atoms with van der Waals surface area (Å²) in [7, 11) is 4.58. The second kappa shape index (κ2) is 8.42. The van der Waals surface area contributed by atoms with Crippen molar-refractivity contribution in [1.29, 1.82) is 0 Å². The minimum atomic E-state index is -1.06. The molecule has 2 atom stereocenters. The summed E-state index contributed by atoms with van der Waals surface area (Å²) in [6, 6.07) is 12.1. The van der Waals surface area contributed by atoms with Gasteiger partial charge in [0, 0.05) is 0 Å². The van der Waals surface area contributed by atoms with Gasteiger partial charge in [-0.25, -0.2) is 0 Å². The minimum absolute atomic E-state index is 0.368. The van der Waals surface area contributed by atoms with Crippen molar-refractivity contribution in [3.63, 3.8) is 0 Å². The first-order chi connectivity index (χ1) is 11.6. The Kier molecular flexibility index (Phi) is 6.28. The zero-order valence-corrected chi connectivity index (χ0v) is 13.9. The van der Waals surface area contributed by atoms with Crippen LogP contribution < -0.4 is 18.9 Å². The van der Waals surface area contributed by atoms with E-state index in [-0.39, 0.29) is 6.61 Å². The quantitative estimate of drug-likeness (QED) is 0.770. The van der Waals surface area contributed by atoms with Crippen molar-refractivity contribution >= 4 is 0 Å². The van der Waals surface area contributed by atoms with Gasteiger partial charge in [0.25, 0.3) is 0 Å². The summed E-state index contributed by atoms with van der Waals surface area (Å²) in [4.78, 5) is 0. The van der Waals surface area contributed by atoms with Crippen LogP contribution >= 0.6 is 0 Å². The summed E-state index contributed by atoms with van der Waals surface area (Å²) in [5.74, 6) is 2.01. The Hall–Kier alpha value is -2.44. The average molecular weight is 334 g/mol. The summed E-state index contributed by atoms with van der Waals surface area (Å²) in [6.45, 7) is -0.368. The molecule has 24 heavy (non-hydrogen) atoms. The van der Waals surface area contributed by atoms with Crippen LogP contribution in [0, 0.1) is 0 Å². The normalized spacial score (nSPS) is 13.0. The zero-order chi connectivity index (χ0) is 17.5. The van der Waals surface area contributed by atoms with E-state index < -0.39 is 12.2 Å². The third-order valence-electron chi connectivity index (χ3n) is 3.63. The number of hydrogen-bond donors (Lipinski definition) is 2. The maximum absolute atomic E-state index is 10.6. The van der Waals surface area contributed by atoms with E-state index in [9.17, 15) is 10.2 Å². The van der Waals surface area contributed by atoms with Crippen LogP contribution in [0.1, 0.15) is 11.7 Å². The van der Waals surface area contributed by atoms with Crippen LogP contribution in [-0.4, -0.2) is 44.3 Å². The zero-order valence-electron chi connectivity index (χ0n) is 13.9. The minimum Gasteiger partial charge on any atom is -0.493 e. The van der Waals surface area contributed by atoms with Gasteiger partial charge in [-0.2, -0.15) is 0 Å². The van der Waals surface area contributed by atoms with E-state index in [1.807, 2.05) is 6.07 Å². The Morgan fingerprint density at radius 3 is 2.00 bits per heavy atom. The van der Waals surface area contributed by atoms with Crippen molar-refractivity contribution < 1.29 is 29.2 Å². The Bertz CT molecular complexity index is 658. The predicted octanol–water partition coefficient (Wildman–Crippen LogP) is 2.19. The van der Waals surface area contributed by atoms with E-state index in [2.05, 4.69) is 0 Å². The van der Waals surface area contributed by atoms with Crippen molar-refractivity contribution in [1.82, 2.24) is 0 Å². The molecule has 6 heteroatoms. The molecule has 2 rings (SSSR count). The number of rotatable bonds is 8. The number of aliphatic hydroxyl groups excluding tert-OH is 2. The second-order valence-corrected chi connectivity index (χ2v) is 5.05. The number of ether oxygens (including phenoxy) is 4. The van der Waals surface area contributed by atoms with Crippen LogP contribution in [0.2, 0.25) is 0 Å². The fraction of sp³-hybridized carbons (Fsp3) is 0.333. The predicted molar refractivity (Wildman–Crippen MR) is 89.0 cm³/mol. The Labute approximate surface area is 141 Å². The third-order valence-corrected chi connectivity index (χ3v) is 3.63. The molecule has 2 aromatic carbocycles. The van der Waals surface area contributed by atoms with Crippen LogP contribution in [0.5, 0.6) is 23.0 Å². The Balaban J connectivity index is 2.24. The molecule has 0 aliphatic rings.